The van der Waals surface area contributed by atoms with Crippen LogP contribution in [0.5, 0.6) is 0 Å². The summed E-state index contributed by atoms with van der Waals surface area (Å²) in [5.74, 6) is 0. The summed E-state index contributed by atoms with van der Waals surface area (Å²) in [6, 6.07) is 0.466. The van der Waals surface area contributed by atoms with Crippen molar-refractivity contribution in [1.82, 2.24) is 10.2 Å². The van der Waals surface area contributed by atoms with Crippen LogP contribution < -0.4 is 5.32 Å². The highest BCUT2D eigenvalue weighted by molar-refractivity contribution is 4.86. The van der Waals surface area contributed by atoms with Crippen LogP contribution >= 0.6 is 0 Å². The maximum atomic E-state index is 9.22. The van der Waals surface area contributed by atoms with Gasteiger partial charge in [0.1, 0.15) is 0 Å². The van der Waals surface area contributed by atoms with Gasteiger partial charge in [-0.25, -0.2) is 0 Å². The van der Waals surface area contributed by atoms with E-state index in [0.717, 1.165) is 19.6 Å². The minimum Gasteiger partial charge on any atom is -0.394 e. The Morgan fingerprint density at radius 3 is 2.65 bits per heavy atom. The summed E-state index contributed by atoms with van der Waals surface area (Å²) in [7, 11) is 2.00. The first-order chi connectivity index (χ1) is 7.89. The highest BCUT2D eigenvalue weighted by Gasteiger charge is 2.31. The molecule has 1 rings (SSSR count). The second-order valence-electron chi connectivity index (χ2n) is 5.94. The highest BCUT2D eigenvalue weighted by Crippen LogP contribution is 2.24. The third-order valence-electron chi connectivity index (χ3n) is 3.84. The van der Waals surface area contributed by atoms with Crippen LogP contribution in [0.4, 0.5) is 0 Å². The molecule has 0 bridgehead atoms. The Hall–Kier alpha value is -0.160. The topological polar surface area (TPSA) is 44.7 Å². The van der Waals surface area contributed by atoms with Crippen LogP contribution in [-0.2, 0) is 4.74 Å². The quantitative estimate of drug-likeness (QED) is 0.747. The lowest BCUT2D eigenvalue weighted by atomic mass is 9.84. The monoisotopic (exact) mass is 244 g/mol. The molecule has 0 aromatic heterocycles. The molecular formula is C13H28N2O2. The summed E-state index contributed by atoms with van der Waals surface area (Å²) in [6.07, 6.45) is 0.182. The lowest BCUT2D eigenvalue weighted by molar-refractivity contribution is -0.102. The number of rotatable bonds is 5. The number of aliphatic hydroxyl groups excluding tert-OH is 1. The molecule has 3 atom stereocenters. The van der Waals surface area contributed by atoms with Gasteiger partial charge in [-0.05, 0) is 26.3 Å². The Balaban J connectivity index is 2.55. The van der Waals surface area contributed by atoms with Crippen molar-refractivity contribution in [3.05, 3.63) is 0 Å². The van der Waals surface area contributed by atoms with Crippen molar-refractivity contribution >= 4 is 0 Å². The molecule has 0 radical (unpaired) electrons. The van der Waals surface area contributed by atoms with Gasteiger partial charge < -0.3 is 15.2 Å². The molecule has 0 aliphatic carbocycles. The van der Waals surface area contributed by atoms with Gasteiger partial charge in [-0.3, -0.25) is 4.90 Å². The van der Waals surface area contributed by atoms with E-state index in [0.29, 0.717) is 6.04 Å². The van der Waals surface area contributed by atoms with Crippen LogP contribution in [0.1, 0.15) is 27.7 Å². The van der Waals surface area contributed by atoms with Crippen LogP contribution in [0.25, 0.3) is 0 Å². The molecular weight excluding hydrogens is 216 g/mol. The summed E-state index contributed by atoms with van der Waals surface area (Å²) in [4.78, 5) is 2.41. The zero-order valence-electron chi connectivity index (χ0n) is 11.9. The molecule has 1 fully saturated rings. The van der Waals surface area contributed by atoms with Gasteiger partial charge in [0.15, 0.2) is 0 Å². The van der Waals surface area contributed by atoms with E-state index in [-0.39, 0.29) is 24.2 Å². The molecule has 1 heterocycles. The van der Waals surface area contributed by atoms with Crippen LogP contribution in [0.2, 0.25) is 0 Å². The minimum atomic E-state index is -0.0283. The van der Waals surface area contributed by atoms with E-state index in [1.54, 1.807) is 0 Å². The molecule has 0 spiro atoms. The van der Waals surface area contributed by atoms with Gasteiger partial charge in [0.25, 0.3) is 0 Å². The van der Waals surface area contributed by atoms with Gasteiger partial charge in [-0.15, -0.1) is 0 Å². The molecule has 1 aliphatic rings. The Bertz CT molecular complexity index is 233. The number of hydrogen-bond donors (Lipinski definition) is 2. The third kappa shape index (κ3) is 4.21. The predicted molar refractivity (Wildman–Crippen MR) is 70.2 cm³/mol. The fourth-order valence-electron chi connectivity index (χ4n) is 2.47. The molecule has 102 valence electrons. The van der Waals surface area contributed by atoms with Gasteiger partial charge in [-0.2, -0.15) is 0 Å². The second kappa shape index (κ2) is 6.14. The first-order valence-electron chi connectivity index (χ1n) is 6.55. The molecule has 3 unspecified atom stereocenters. The predicted octanol–water partition coefficient (Wildman–Crippen LogP) is 0.702. The van der Waals surface area contributed by atoms with Gasteiger partial charge in [-0.1, -0.05) is 13.8 Å². The third-order valence-corrected chi connectivity index (χ3v) is 3.84. The Labute approximate surface area is 105 Å². The molecule has 17 heavy (non-hydrogen) atoms. The van der Waals surface area contributed by atoms with Crippen molar-refractivity contribution < 1.29 is 9.84 Å². The van der Waals surface area contributed by atoms with Crippen LogP contribution in [0.15, 0.2) is 0 Å². The largest absolute Gasteiger partial charge is 0.394 e. The van der Waals surface area contributed by atoms with Crippen molar-refractivity contribution in [2.24, 2.45) is 5.41 Å². The molecule has 0 amide bonds. The molecule has 0 aromatic rings. The van der Waals surface area contributed by atoms with E-state index < -0.39 is 0 Å². The average molecular weight is 244 g/mol. The van der Waals surface area contributed by atoms with E-state index in [2.05, 4.69) is 37.9 Å². The highest BCUT2D eigenvalue weighted by atomic mass is 16.5. The maximum Gasteiger partial charge on any atom is 0.0936 e. The van der Waals surface area contributed by atoms with E-state index in [4.69, 9.17) is 4.74 Å². The first-order valence-corrected chi connectivity index (χ1v) is 6.55. The first kappa shape index (κ1) is 14.9. The lowest BCUT2D eigenvalue weighted by Crippen LogP contribution is -2.53. The molecule has 1 aliphatic heterocycles. The average Bonchev–Trinajstić information content (AvgIpc) is 2.26. The van der Waals surface area contributed by atoms with Crippen molar-refractivity contribution in [3.63, 3.8) is 0 Å². The van der Waals surface area contributed by atoms with Crippen molar-refractivity contribution in [1.29, 1.82) is 0 Å². The fraction of sp³-hybridized carbons (Fsp3) is 1.00. The zero-order chi connectivity index (χ0) is 13.1. The number of nitrogens with zero attached hydrogens (tertiary/aromatic N) is 1. The van der Waals surface area contributed by atoms with E-state index in [9.17, 15) is 5.11 Å². The van der Waals surface area contributed by atoms with Crippen LogP contribution in [0, 0.1) is 5.41 Å². The summed E-state index contributed by atoms with van der Waals surface area (Å²) in [5, 5.41) is 12.5. The van der Waals surface area contributed by atoms with E-state index in [1.807, 2.05) is 7.05 Å². The summed E-state index contributed by atoms with van der Waals surface area (Å²) in [5.41, 5.74) is 0.214. The molecule has 0 aromatic carbocycles. The van der Waals surface area contributed by atoms with Crippen LogP contribution in [0.3, 0.4) is 0 Å². The standard InChI is InChI=1S/C13H28N2O2/c1-10-6-15(7-12(8-16)17-10)9-13(3,4)11(2)14-5/h10-12,14,16H,6-9H2,1-5H3. The summed E-state index contributed by atoms with van der Waals surface area (Å²) in [6.45, 7) is 11.8. The van der Waals surface area contributed by atoms with E-state index in [1.165, 1.54) is 0 Å². The van der Waals surface area contributed by atoms with Gasteiger partial charge in [0, 0.05) is 25.7 Å². The molecule has 4 heteroatoms. The maximum absolute atomic E-state index is 9.22. The number of aliphatic hydroxyl groups is 1. The molecule has 1 saturated heterocycles. The molecule has 0 saturated carbocycles. The SMILES string of the molecule is CNC(C)C(C)(C)CN1CC(C)OC(CO)C1. The normalized spacial score (nSPS) is 29.3. The van der Waals surface area contributed by atoms with Crippen molar-refractivity contribution in [3.8, 4) is 0 Å². The van der Waals surface area contributed by atoms with Gasteiger partial charge >= 0.3 is 0 Å². The lowest BCUT2D eigenvalue weighted by Gasteiger charge is -2.42. The number of morpholine rings is 1. The smallest absolute Gasteiger partial charge is 0.0936 e. The number of ether oxygens (including phenoxy) is 1. The Morgan fingerprint density at radius 1 is 1.47 bits per heavy atom. The fourth-order valence-corrected chi connectivity index (χ4v) is 2.47. The minimum absolute atomic E-state index is 0.0283. The summed E-state index contributed by atoms with van der Waals surface area (Å²) >= 11 is 0. The van der Waals surface area contributed by atoms with Crippen molar-refractivity contribution in [2.75, 3.05) is 33.3 Å². The van der Waals surface area contributed by atoms with Crippen LogP contribution in [-0.4, -0.2) is 61.5 Å². The van der Waals surface area contributed by atoms with Gasteiger partial charge in [0.2, 0.25) is 0 Å². The second-order valence-corrected chi connectivity index (χ2v) is 5.94. The molecule has 2 N–H and O–H groups in total. The summed E-state index contributed by atoms with van der Waals surface area (Å²) < 4.78 is 5.66. The Morgan fingerprint density at radius 2 is 2.12 bits per heavy atom. The van der Waals surface area contributed by atoms with Crippen molar-refractivity contribution in [2.45, 2.75) is 45.9 Å². The van der Waals surface area contributed by atoms with Gasteiger partial charge in [0.05, 0.1) is 18.8 Å². The van der Waals surface area contributed by atoms with E-state index >= 15 is 0 Å². The number of nitrogens with one attached hydrogen (secondary N) is 1. The number of hydrogen-bond acceptors (Lipinski definition) is 4. The molecule has 4 nitrogen and oxygen atoms in total. The Kier molecular flexibility index (Phi) is 5.38. The zero-order valence-corrected chi connectivity index (χ0v) is 11.9.